The molecule has 0 unspecified atom stereocenters. The van der Waals surface area contributed by atoms with Crippen molar-refractivity contribution in [2.45, 2.75) is 20.3 Å². The van der Waals surface area contributed by atoms with Crippen molar-refractivity contribution in [1.29, 1.82) is 0 Å². The molecule has 0 radical (unpaired) electrons. The highest BCUT2D eigenvalue weighted by Gasteiger charge is 2.22. The van der Waals surface area contributed by atoms with Crippen molar-refractivity contribution in [3.63, 3.8) is 0 Å². The van der Waals surface area contributed by atoms with Crippen LogP contribution in [0.2, 0.25) is 0 Å². The zero-order valence-corrected chi connectivity index (χ0v) is 14.5. The van der Waals surface area contributed by atoms with Crippen LogP contribution < -0.4 is 10.6 Å². The average molecular weight is 340 g/mol. The van der Waals surface area contributed by atoms with Gasteiger partial charge in [-0.15, -0.1) is 0 Å². The van der Waals surface area contributed by atoms with E-state index >= 15 is 0 Å². The van der Waals surface area contributed by atoms with Gasteiger partial charge in [-0.3, -0.25) is 9.59 Å². The van der Waals surface area contributed by atoms with Crippen LogP contribution in [0.25, 0.3) is 0 Å². The first-order chi connectivity index (χ1) is 12.0. The largest absolute Gasteiger partial charge is 0.508 e. The topological polar surface area (TPSA) is 78.4 Å². The maximum absolute atomic E-state index is 12.5. The molecule has 0 aliphatic rings. The summed E-state index contributed by atoms with van der Waals surface area (Å²) in [5.74, 6) is -0.322. The molecule has 0 fully saturated rings. The molecule has 0 aliphatic heterocycles. The van der Waals surface area contributed by atoms with Crippen molar-refractivity contribution in [2.75, 3.05) is 11.9 Å². The lowest BCUT2D eigenvalue weighted by molar-refractivity contribution is -0.128. The van der Waals surface area contributed by atoms with Crippen molar-refractivity contribution in [3.8, 4) is 5.75 Å². The lowest BCUT2D eigenvalue weighted by Crippen LogP contribution is -2.39. The van der Waals surface area contributed by atoms with Crippen molar-refractivity contribution < 1.29 is 14.7 Å². The maximum Gasteiger partial charge on any atom is 0.243 e. The SMILES string of the molecule is CC(C)[C@H](Cc1ccccc1)C(=O)NCC(=O)Nc1ccc(O)cc1. The molecular weight excluding hydrogens is 316 g/mol. The van der Waals surface area contributed by atoms with Crippen LogP contribution in [0, 0.1) is 11.8 Å². The van der Waals surface area contributed by atoms with Gasteiger partial charge in [0.25, 0.3) is 0 Å². The molecule has 0 heterocycles. The Kier molecular flexibility index (Phi) is 6.57. The molecule has 0 aromatic heterocycles. The van der Waals surface area contributed by atoms with E-state index in [-0.39, 0.29) is 35.9 Å². The molecule has 0 aliphatic carbocycles. The smallest absolute Gasteiger partial charge is 0.243 e. The summed E-state index contributed by atoms with van der Waals surface area (Å²) in [4.78, 5) is 24.4. The third-order valence-corrected chi connectivity index (χ3v) is 4.01. The summed E-state index contributed by atoms with van der Waals surface area (Å²) in [6.45, 7) is 3.92. The fourth-order valence-corrected chi connectivity index (χ4v) is 2.55. The van der Waals surface area contributed by atoms with Crippen molar-refractivity contribution >= 4 is 17.5 Å². The van der Waals surface area contributed by atoms with Gasteiger partial charge in [0.2, 0.25) is 11.8 Å². The standard InChI is InChI=1S/C20H24N2O3/c1-14(2)18(12-15-6-4-3-5-7-15)20(25)21-13-19(24)22-16-8-10-17(23)11-9-16/h3-11,14,18,23H,12-13H2,1-2H3,(H,21,25)(H,22,24)/t18-/m0/s1. The molecule has 2 aromatic rings. The molecular formula is C20H24N2O3. The second kappa shape index (κ2) is 8.87. The van der Waals surface area contributed by atoms with Gasteiger partial charge >= 0.3 is 0 Å². The molecule has 25 heavy (non-hydrogen) atoms. The van der Waals surface area contributed by atoms with E-state index in [2.05, 4.69) is 10.6 Å². The number of hydrogen-bond donors (Lipinski definition) is 3. The van der Waals surface area contributed by atoms with E-state index < -0.39 is 0 Å². The summed E-state index contributed by atoms with van der Waals surface area (Å²) in [7, 11) is 0. The van der Waals surface area contributed by atoms with E-state index in [0.717, 1.165) is 5.56 Å². The fourth-order valence-electron chi connectivity index (χ4n) is 2.55. The van der Waals surface area contributed by atoms with Gasteiger partial charge in [0.05, 0.1) is 6.54 Å². The molecule has 2 amide bonds. The van der Waals surface area contributed by atoms with Gasteiger partial charge in [-0.1, -0.05) is 44.2 Å². The van der Waals surface area contributed by atoms with Gasteiger partial charge < -0.3 is 15.7 Å². The Morgan fingerprint density at radius 3 is 2.24 bits per heavy atom. The van der Waals surface area contributed by atoms with Crippen LogP contribution in [0.3, 0.4) is 0 Å². The number of carbonyl (C=O) groups excluding carboxylic acids is 2. The van der Waals surface area contributed by atoms with Crippen molar-refractivity contribution in [1.82, 2.24) is 5.32 Å². The zero-order valence-electron chi connectivity index (χ0n) is 14.5. The monoisotopic (exact) mass is 340 g/mol. The molecule has 0 spiro atoms. The van der Waals surface area contributed by atoms with E-state index in [1.54, 1.807) is 12.1 Å². The molecule has 2 aromatic carbocycles. The summed E-state index contributed by atoms with van der Waals surface area (Å²) in [5, 5.41) is 14.6. The Morgan fingerprint density at radius 2 is 1.64 bits per heavy atom. The van der Waals surface area contributed by atoms with Crippen molar-refractivity contribution in [3.05, 3.63) is 60.2 Å². The normalized spacial score (nSPS) is 11.8. The number of phenolic OH excluding ortho intramolecular Hbond substituents is 1. The van der Waals surface area contributed by atoms with Crippen LogP contribution in [0.5, 0.6) is 5.75 Å². The number of benzene rings is 2. The van der Waals surface area contributed by atoms with Gasteiger partial charge in [0, 0.05) is 11.6 Å². The van der Waals surface area contributed by atoms with Gasteiger partial charge in [-0.05, 0) is 42.2 Å². The highest BCUT2D eigenvalue weighted by molar-refractivity contribution is 5.94. The lowest BCUT2D eigenvalue weighted by atomic mass is 9.88. The molecule has 0 bridgehead atoms. The molecule has 132 valence electrons. The van der Waals surface area contributed by atoms with Crippen LogP contribution in [-0.2, 0) is 16.0 Å². The van der Waals surface area contributed by atoms with E-state index in [9.17, 15) is 14.7 Å². The molecule has 3 N–H and O–H groups in total. The third-order valence-electron chi connectivity index (χ3n) is 4.01. The highest BCUT2D eigenvalue weighted by atomic mass is 16.3. The van der Waals surface area contributed by atoms with Gasteiger partial charge in [-0.25, -0.2) is 0 Å². The van der Waals surface area contributed by atoms with E-state index in [0.29, 0.717) is 12.1 Å². The number of nitrogens with one attached hydrogen (secondary N) is 2. The predicted molar refractivity (Wildman–Crippen MR) is 98.2 cm³/mol. The third kappa shape index (κ3) is 5.95. The number of carbonyl (C=O) groups is 2. The minimum absolute atomic E-state index is 0.0856. The first-order valence-electron chi connectivity index (χ1n) is 8.36. The number of aromatic hydroxyl groups is 1. The van der Waals surface area contributed by atoms with E-state index in [4.69, 9.17) is 0 Å². The number of hydrogen-bond acceptors (Lipinski definition) is 3. The zero-order chi connectivity index (χ0) is 18.2. The Labute approximate surface area is 148 Å². The number of amides is 2. The summed E-state index contributed by atoms with van der Waals surface area (Å²) < 4.78 is 0. The van der Waals surface area contributed by atoms with Crippen LogP contribution in [0.4, 0.5) is 5.69 Å². The summed E-state index contributed by atoms with van der Waals surface area (Å²) in [6, 6.07) is 16.0. The first-order valence-corrected chi connectivity index (χ1v) is 8.36. The second-order valence-corrected chi connectivity index (χ2v) is 6.35. The van der Waals surface area contributed by atoms with Gasteiger partial charge in [0.15, 0.2) is 0 Å². The molecule has 5 heteroatoms. The summed E-state index contributed by atoms with van der Waals surface area (Å²) >= 11 is 0. The second-order valence-electron chi connectivity index (χ2n) is 6.35. The van der Waals surface area contributed by atoms with E-state index in [1.165, 1.54) is 12.1 Å². The van der Waals surface area contributed by atoms with E-state index in [1.807, 2.05) is 44.2 Å². The quantitative estimate of drug-likeness (QED) is 0.678. The Bertz CT molecular complexity index is 697. The molecule has 0 saturated heterocycles. The molecule has 1 atom stereocenters. The van der Waals surface area contributed by atoms with Crippen LogP contribution in [-0.4, -0.2) is 23.5 Å². The number of rotatable bonds is 7. The molecule has 0 saturated carbocycles. The predicted octanol–water partition coefficient (Wildman–Crippen LogP) is 2.96. The Hall–Kier alpha value is -2.82. The summed E-state index contributed by atoms with van der Waals surface area (Å²) in [5.41, 5.74) is 1.67. The molecule has 5 nitrogen and oxygen atoms in total. The maximum atomic E-state index is 12.5. The number of anilines is 1. The van der Waals surface area contributed by atoms with Gasteiger partial charge in [-0.2, -0.15) is 0 Å². The fraction of sp³-hybridized carbons (Fsp3) is 0.300. The highest BCUT2D eigenvalue weighted by Crippen LogP contribution is 2.17. The van der Waals surface area contributed by atoms with Crippen molar-refractivity contribution in [2.24, 2.45) is 11.8 Å². The Balaban J connectivity index is 1.87. The van der Waals surface area contributed by atoms with Crippen LogP contribution >= 0.6 is 0 Å². The van der Waals surface area contributed by atoms with Gasteiger partial charge in [0.1, 0.15) is 5.75 Å². The molecule has 2 rings (SSSR count). The number of phenols is 1. The minimum Gasteiger partial charge on any atom is -0.508 e. The minimum atomic E-state index is -0.304. The summed E-state index contributed by atoms with van der Waals surface area (Å²) in [6.07, 6.45) is 0.643. The van der Waals surface area contributed by atoms with Crippen LogP contribution in [0.1, 0.15) is 19.4 Å². The Morgan fingerprint density at radius 1 is 1.00 bits per heavy atom. The first kappa shape index (κ1) is 18.5. The van der Waals surface area contributed by atoms with Crippen LogP contribution in [0.15, 0.2) is 54.6 Å². The average Bonchev–Trinajstić information content (AvgIpc) is 2.60. The lowest BCUT2D eigenvalue weighted by Gasteiger charge is -2.20.